The van der Waals surface area contributed by atoms with Crippen molar-refractivity contribution in [2.24, 2.45) is 5.92 Å². The molecule has 0 bridgehead atoms. The van der Waals surface area contributed by atoms with Crippen molar-refractivity contribution in [1.82, 2.24) is 15.4 Å². The molecule has 19 heavy (non-hydrogen) atoms. The summed E-state index contributed by atoms with van der Waals surface area (Å²) < 4.78 is 5.35. The van der Waals surface area contributed by atoms with E-state index in [4.69, 9.17) is 10.9 Å². The van der Waals surface area contributed by atoms with Gasteiger partial charge in [0, 0.05) is 12.6 Å². The first-order valence-electron chi connectivity index (χ1n) is 6.96. The zero-order chi connectivity index (χ0) is 14.1. The monoisotopic (exact) mass is 263 g/mol. The average Bonchev–Trinajstić information content (AvgIpc) is 2.77. The van der Waals surface area contributed by atoms with Crippen molar-refractivity contribution < 1.29 is 4.52 Å². The molecule has 0 fully saturated rings. The van der Waals surface area contributed by atoms with Crippen molar-refractivity contribution in [2.75, 3.05) is 19.6 Å². The first-order chi connectivity index (χ1) is 9.15. The van der Waals surface area contributed by atoms with E-state index in [1.165, 1.54) is 0 Å². The molecule has 1 N–H and O–H groups in total. The van der Waals surface area contributed by atoms with Crippen molar-refractivity contribution in [3.8, 4) is 12.3 Å². The van der Waals surface area contributed by atoms with Gasteiger partial charge in [-0.2, -0.15) is 0 Å². The highest BCUT2D eigenvalue weighted by Gasteiger charge is 2.09. The van der Waals surface area contributed by atoms with Crippen molar-refractivity contribution in [1.29, 1.82) is 0 Å². The fraction of sp³-hybridized carbons (Fsp3) is 0.667. The molecule has 0 aromatic carbocycles. The fourth-order valence-corrected chi connectivity index (χ4v) is 1.88. The van der Waals surface area contributed by atoms with Crippen LogP contribution in [0.5, 0.6) is 0 Å². The average molecular weight is 263 g/mol. The molecule has 4 heteroatoms. The second kappa shape index (κ2) is 8.73. The summed E-state index contributed by atoms with van der Waals surface area (Å²) in [7, 11) is 0. The van der Waals surface area contributed by atoms with Crippen molar-refractivity contribution in [3.05, 3.63) is 17.5 Å². The standard InChI is InChI=1S/C15H25N3O/c1-5-7-18(8-6-2)12-15-9-14(17-19-15)11-16-10-13(3)4/h1,9,13,16H,6-8,10-12H2,2-4H3. The van der Waals surface area contributed by atoms with Gasteiger partial charge in [-0.25, -0.2) is 0 Å². The minimum Gasteiger partial charge on any atom is -0.360 e. The topological polar surface area (TPSA) is 41.3 Å². The normalized spacial score (nSPS) is 11.2. The van der Waals surface area contributed by atoms with E-state index in [1.54, 1.807) is 0 Å². The van der Waals surface area contributed by atoms with E-state index in [9.17, 15) is 0 Å². The first kappa shape index (κ1) is 15.7. The third-order valence-corrected chi connectivity index (χ3v) is 2.70. The molecule has 1 aromatic heterocycles. The van der Waals surface area contributed by atoms with Gasteiger partial charge in [-0.05, 0) is 25.4 Å². The molecule has 1 heterocycles. The molecule has 1 rings (SSSR count). The lowest BCUT2D eigenvalue weighted by atomic mass is 10.2. The Bertz CT molecular complexity index is 392. The van der Waals surface area contributed by atoms with Crippen molar-refractivity contribution in [2.45, 2.75) is 40.3 Å². The Morgan fingerprint density at radius 3 is 2.95 bits per heavy atom. The van der Waals surface area contributed by atoms with Crippen LogP contribution in [0.4, 0.5) is 0 Å². The number of hydrogen-bond acceptors (Lipinski definition) is 4. The Morgan fingerprint density at radius 1 is 1.53 bits per heavy atom. The van der Waals surface area contributed by atoms with Gasteiger partial charge in [-0.1, -0.05) is 31.8 Å². The van der Waals surface area contributed by atoms with Gasteiger partial charge in [0.25, 0.3) is 0 Å². The van der Waals surface area contributed by atoms with Gasteiger partial charge in [0.1, 0.15) is 0 Å². The lowest BCUT2D eigenvalue weighted by Crippen LogP contribution is -2.24. The van der Waals surface area contributed by atoms with Crippen LogP contribution in [0.25, 0.3) is 0 Å². The predicted molar refractivity (Wildman–Crippen MR) is 77.4 cm³/mol. The maximum Gasteiger partial charge on any atom is 0.151 e. The molecule has 0 saturated heterocycles. The molecule has 4 nitrogen and oxygen atoms in total. The van der Waals surface area contributed by atoms with Crippen LogP contribution < -0.4 is 5.32 Å². The van der Waals surface area contributed by atoms with Gasteiger partial charge in [0.15, 0.2) is 5.76 Å². The summed E-state index contributed by atoms with van der Waals surface area (Å²) in [4.78, 5) is 2.19. The fourth-order valence-electron chi connectivity index (χ4n) is 1.88. The molecule has 106 valence electrons. The highest BCUT2D eigenvalue weighted by atomic mass is 16.5. The maximum absolute atomic E-state index is 5.36. The van der Waals surface area contributed by atoms with E-state index in [2.05, 4.69) is 42.1 Å². The first-order valence-corrected chi connectivity index (χ1v) is 6.96. The lowest BCUT2D eigenvalue weighted by Gasteiger charge is -2.16. The molecule has 0 spiro atoms. The van der Waals surface area contributed by atoms with E-state index in [0.29, 0.717) is 12.5 Å². The number of nitrogens with zero attached hydrogens (tertiary/aromatic N) is 2. The zero-order valence-corrected chi connectivity index (χ0v) is 12.3. The number of nitrogens with one attached hydrogen (secondary N) is 1. The summed E-state index contributed by atoms with van der Waals surface area (Å²) in [5.41, 5.74) is 0.952. The second-order valence-corrected chi connectivity index (χ2v) is 5.22. The molecular weight excluding hydrogens is 238 g/mol. The van der Waals surface area contributed by atoms with Gasteiger partial charge < -0.3 is 9.84 Å². The van der Waals surface area contributed by atoms with Crippen LogP contribution >= 0.6 is 0 Å². The predicted octanol–water partition coefficient (Wildman–Crippen LogP) is 2.27. The summed E-state index contributed by atoms with van der Waals surface area (Å²) in [6.45, 7) is 10.6. The Kier molecular flexibility index (Phi) is 7.24. The van der Waals surface area contributed by atoms with Gasteiger partial charge in [0.2, 0.25) is 0 Å². The van der Waals surface area contributed by atoms with Crippen molar-refractivity contribution in [3.63, 3.8) is 0 Å². The molecule has 0 saturated carbocycles. The quantitative estimate of drug-likeness (QED) is 0.694. The molecular formula is C15H25N3O. The van der Waals surface area contributed by atoms with Crippen LogP contribution in [0.3, 0.4) is 0 Å². The number of rotatable bonds is 9. The molecule has 0 atom stereocenters. The SMILES string of the molecule is C#CCN(CCC)Cc1cc(CNCC(C)C)no1. The van der Waals surface area contributed by atoms with E-state index >= 15 is 0 Å². The van der Waals surface area contributed by atoms with Gasteiger partial charge in [0.05, 0.1) is 18.8 Å². The molecule has 1 aromatic rings. The second-order valence-electron chi connectivity index (χ2n) is 5.22. The molecule has 0 aliphatic heterocycles. The van der Waals surface area contributed by atoms with Gasteiger partial charge in [-0.3, -0.25) is 4.90 Å². The maximum atomic E-state index is 5.36. The summed E-state index contributed by atoms with van der Waals surface area (Å²) in [5, 5.41) is 7.42. The molecule has 0 aliphatic carbocycles. The van der Waals surface area contributed by atoms with E-state index < -0.39 is 0 Å². The van der Waals surface area contributed by atoms with Crippen molar-refractivity contribution >= 4 is 0 Å². The Labute approximate surface area is 116 Å². The van der Waals surface area contributed by atoms with Crippen LogP contribution in [0.2, 0.25) is 0 Å². The minimum atomic E-state index is 0.641. The minimum absolute atomic E-state index is 0.641. The van der Waals surface area contributed by atoms with Crippen LogP contribution in [0, 0.1) is 18.3 Å². The lowest BCUT2D eigenvalue weighted by molar-refractivity contribution is 0.254. The Balaban J connectivity index is 2.42. The van der Waals surface area contributed by atoms with Gasteiger partial charge >= 0.3 is 0 Å². The third kappa shape index (κ3) is 6.42. The number of hydrogen-bond donors (Lipinski definition) is 1. The van der Waals surface area contributed by atoms with E-state index in [1.807, 2.05) is 6.07 Å². The Morgan fingerprint density at radius 2 is 2.32 bits per heavy atom. The summed E-state index contributed by atoms with van der Waals surface area (Å²) in [6, 6.07) is 2.01. The van der Waals surface area contributed by atoms with Crippen LogP contribution in [0.15, 0.2) is 10.6 Å². The number of aromatic nitrogens is 1. The molecule has 0 unspecified atom stereocenters. The van der Waals surface area contributed by atoms with Crippen LogP contribution in [0.1, 0.15) is 38.6 Å². The molecule has 0 radical (unpaired) electrons. The Hall–Kier alpha value is -1.31. The molecule has 0 aliphatic rings. The van der Waals surface area contributed by atoms with Crippen LogP contribution in [-0.4, -0.2) is 29.7 Å². The van der Waals surface area contributed by atoms with E-state index in [-0.39, 0.29) is 0 Å². The highest BCUT2D eigenvalue weighted by Crippen LogP contribution is 2.08. The van der Waals surface area contributed by atoms with Crippen LogP contribution in [-0.2, 0) is 13.1 Å². The van der Waals surface area contributed by atoms with E-state index in [0.717, 1.165) is 44.1 Å². The zero-order valence-electron chi connectivity index (χ0n) is 12.3. The smallest absolute Gasteiger partial charge is 0.151 e. The summed E-state index contributed by atoms with van der Waals surface area (Å²) >= 11 is 0. The van der Waals surface area contributed by atoms with Gasteiger partial charge in [-0.15, -0.1) is 6.42 Å². The molecule has 0 amide bonds. The number of terminal acetylenes is 1. The highest BCUT2D eigenvalue weighted by molar-refractivity contribution is 5.05. The largest absolute Gasteiger partial charge is 0.360 e. The summed E-state index contributed by atoms with van der Waals surface area (Å²) in [6.07, 6.45) is 6.45. The third-order valence-electron chi connectivity index (χ3n) is 2.70. The summed E-state index contributed by atoms with van der Waals surface area (Å²) in [5.74, 6) is 4.20.